The Morgan fingerprint density at radius 3 is 2.31 bits per heavy atom. The van der Waals surface area contributed by atoms with Crippen LogP contribution >= 0.6 is 0 Å². The summed E-state index contributed by atoms with van der Waals surface area (Å²) in [5.41, 5.74) is 5.00. The largest absolute Gasteiger partial charge is 0.495 e. The van der Waals surface area contributed by atoms with E-state index in [2.05, 4.69) is 37.6 Å². The van der Waals surface area contributed by atoms with Crippen LogP contribution in [0.3, 0.4) is 0 Å². The molecule has 2 amide bonds. The number of nitrogens with zero attached hydrogens (tertiary/aromatic N) is 3. The standard InChI is InChI=1S/C32H33N5O5/c1-40-28-16-21(10-14-37-15-11-22-17-29(41-2)30(42-3)18-23(22)20-37)8-9-26(28)36-31(38)24-6-4-5-7-25(24)35-32(39)27-19-33-12-13-34-27/h4-9,12-13,16-19H,10-11,14-15,20H2,1-3H3,(H,35,39)(H,36,38). The molecule has 42 heavy (non-hydrogen) atoms. The van der Waals surface area contributed by atoms with Crippen LogP contribution in [0.1, 0.15) is 37.5 Å². The lowest BCUT2D eigenvalue weighted by molar-refractivity contribution is 0.102. The predicted molar refractivity (Wildman–Crippen MR) is 160 cm³/mol. The Kier molecular flexibility index (Phi) is 8.93. The molecule has 3 aromatic carbocycles. The van der Waals surface area contributed by atoms with Gasteiger partial charge in [-0.2, -0.15) is 0 Å². The van der Waals surface area contributed by atoms with Gasteiger partial charge in [-0.1, -0.05) is 18.2 Å². The summed E-state index contributed by atoms with van der Waals surface area (Å²) >= 11 is 0. The summed E-state index contributed by atoms with van der Waals surface area (Å²) in [6.45, 7) is 2.68. The van der Waals surface area contributed by atoms with Gasteiger partial charge < -0.3 is 24.8 Å². The van der Waals surface area contributed by atoms with Gasteiger partial charge in [0.2, 0.25) is 0 Å². The smallest absolute Gasteiger partial charge is 0.275 e. The van der Waals surface area contributed by atoms with Gasteiger partial charge in [0.1, 0.15) is 11.4 Å². The van der Waals surface area contributed by atoms with E-state index < -0.39 is 5.91 Å². The van der Waals surface area contributed by atoms with E-state index in [0.717, 1.165) is 49.5 Å². The molecular weight excluding hydrogens is 534 g/mol. The van der Waals surface area contributed by atoms with Crippen molar-refractivity contribution in [2.24, 2.45) is 0 Å². The second-order valence-electron chi connectivity index (χ2n) is 9.83. The third-order valence-electron chi connectivity index (χ3n) is 7.24. The maximum atomic E-state index is 13.3. The van der Waals surface area contributed by atoms with Crippen LogP contribution in [0.4, 0.5) is 11.4 Å². The highest BCUT2D eigenvalue weighted by molar-refractivity contribution is 6.12. The first-order valence-electron chi connectivity index (χ1n) is 13.6. The zero-order chi connectivity index (χ0) is 29.5. The number of benzene rings is 3. The lowest BCUT2D eigenvalue weighted by Crippen LogP contribution is -2.32. The van der Waals surface area contributed by atoms with Crippen molar-refractivity contribution in [3.8, 4) is 17.2 Å². The molecule has 0 saturated carbocycles. The number of carbonyl (C=O) groups is 2. The minimum absolute atomic E-state index is 0.152. The molecule has 4 aromatic rings. The lowest BCUT2D eigenvalue weighted by atomic mass is 9.98. The second kappa shape index (κ2) is 13.1. The fraction of sp³-hybridized carbons (Fsp3) is 0.250. The molecule has 10 heteroatoms. The molecule has 0 atom stereocenters. The van der Waals surface area contributed by atoms with Crippen molar-refractivity contribution in [3.63, 3.8) is 0 Å². The average Bonchev–Trinajstić information content (AvgIpc) is 3.04. The first-order chi connectivity index (χ1) is 20.5. The number of anilines is 2. The zero-order valence-corrected chi connectivity index (χ0v) is 23.8. The molecule has 0 aliphatic carbocycles. The van der Waals surface area contributed by atoms with Gasteiger partial charge >= 0.3 is 0 Å². The van der Waals surface area contributed by atoms with Gasteiger partial charge in [-0.25, -0.2) is 4.98 Å². The lowest BCUT2D eigenvalue weighted by Gasteiger charge is -2.29. The number of aromatic nitrogens is 2. The summed E-state index contributed by atoms with van der Waals surface area (Å²) in [6.07, 6.45) is 6.06. The van der Waals surface area contributed by atoms with Crippen LogP contribution in [-0.2, 0) is 19.4 Å². The number of hydrogen-bond acceptors (Lipinski definition) is 8. The number of ether oxygens (including phenoxy) is 3. The number of nitrogens with one attached hydrogen (secondary N) is 2. The van der Waals surface area contributed by atoms with Crippen molar-refractivity contribution in [3.05, 3.63) is 101 Å². The number of carbonyl (C=O) groups excluding carboxylic acids is 2. The highest BCUT2D eigenvalue weighted by atomic mass is 16.5. The van der Waals surface area contributed by atoms with E-state index in [1.54, 1.807) is 45.6 Å². The molecule has 0 saturated heterocycles. The van der Waals surface area contributed by atoms with Crippen LogP contribution in [-0.4, -0.2) is 61.1 Å². The summed E-state index contributed by atoms with van der Waals surface area (Å²) in [5.74, 6) is 1.23. The SMILES string of the molecule is COc1cc(CCN2CCc3cc(OC)c(OC)cc3C2)ccc1NC(=O)c1ccccc1NC(=O)c1cnccn1. The Hall–Kier alpha value is -4.96. The third-order valence-corrected chi connectivity index (χ3v) is 7.24. The molecule has 1 aromatic heterocycles. The van der Waals surface area contributed by atoms with E-state index in [9.17, 15) is 9.59 Å². The fourth-order valence-corrected chi connectivity index (χ4v) is 5.00. The zero-order valence-electron chi connectivity index (χ0n) is 23.8. The van der Waals surface area contributed by atoms with Gasteiger partial charge in [0.05, 0.1) is 44.5 Å². The maximum absolute atomic E-state index is 13.3. The molecule has 0 radical (unpaired) electrons. The summed E-state index contributed by atoms with van der Waals surface area (Å²) in [7, 11) is 4.89. The van der Waals surface area contributed by atoms with Gasteiger partial charge in [0.25, 0.3) is 11.8 Å². The number of rotatable bonds is 10. The summed E-state index contributed by atoms with van der Waals surface area (Å²) in [6, 6.07) is 16.7. The number of fused-ring (bicyclic) bond motifs is 1. The molecule has 2 heterocycles. The molecule has 0 bridgehead atoms. The fourth-order valence-electron chi connectivity index (χ4n) is 5.00. The van der Waals surface area contributed by atoms with E-state index in [0.29, 0.717) is 22.7 Å². The van der Waals surface area contributed by atoms with Gasteiger partial charge in [-0.3, -0.25) is 19.5 Å². The average molecular weight is 568 g/mol. The molecule has 2 N–H and O–H groups in total. The van der Waals surface area contributed by atoms with Gasteiger partial charge in [0.15, 0.2) is 11.5 Å². The highest BCUT2D eigenvalue weighted by Crippen LogP contribution is 2.33. The van der Waals surface area contributed by atoms with Crippen molar-refractivity contribution in [2.75, 3.05) is 45.1 Å². The van der Waals surface area contributed by atoms with E-state index in [1.165, 1.54) is 29.7 Å². The number of amides is 2. The molecule has 0 spiro atoms. The first-order valence-corrected chi connectivity index (χ1v) is 13.6. The molecule has 5 rings (SSSR count). The van der Waals surface area contributed by atoms with Crippen LogP contribution in [0, 0.1) is 0 Å². The first kappa shape index (κ1) is 28.6. The van der Waals surface area contributed by atoms with E-state index >= 15 is 0 Å². The molecular formula is C32H33N5O5. The van der Waals surface area contributed by atoms with Crippen LogP contribution in [0.2, 0.25) is 0 Å². The van der Waals surface area contributed by atoms with Crippen LogP contribution in [0.5, 0.6) is 17.2 Å². The van der Waals surface area contributed by atoms with E-state index in [1.807, 2.05) is 18.2 Å². The van der Waals surface area contributed by atoms with Crippen molar-refractivity contribution in [1.29, 1.82) is 0 Å². The van der Waals surface area contributed by atoms with Crippen molar-refractivity contribution in [1.82, 2.24) is 14.9 Å². The topological polar surface area (TPSA) is 115 Å². The Morgan fingerprint density at radius 2 is 1.57 bits per heavy atom. The Labute approximate surface area is 244 Å². The molecule has 1 aliphatic heterocycles. The number of methoxy groups -OCH3 is 3. The predicted octanol–water partition coefficient (Wildman–Crippen LogP) is 4.61. The minimum Gasteiger partial charge on any atom is -0.495 e. The van der Waals surface area contributed by atoms with Gasteiger partial charge in [-0.15, -0.1) is 0 Å². The van der Waals surface area contributed by atoms with Crippen LogP contribution in [0.25, 0.3) is 0 Å². The third kappa shape index (κ3) is 6.50. The molecule has 0 unspecified atom stereocenters. The second-order valence-corrected chi connectivity index (χ2v) is 9.83. The molecule has 10 nitrogen and oxygen atoms in total. The summed E-state index contributed by atoms with van der Waals surface area (Å²) in [5, 5.41) is 5.67. The summed E-state index contributed by atoms with van der Waals surface area (Å²) < 4.78 is 16.6. The Balaban J connectivity index is 1.23. The van der Waals surface area contributed by atoms with Gasteiger partial charge in [-0.05, 0) is 65.9 Å². The Morgan fingerprint density at radius 1 is 0.833 bits per heavy atom. The summed E-state index contributed by atoms with van der Waals surface area (Å²) in [4.78, 5) is 36.2. The Bertz CT molecular complexity index is 1580. The maximum Gasteiger partial charge on any atom is 0.275 e. The molecule has 1 aliphatic rings. The molecule has 0 fully saturated rings. The quantitative estimate of drug-likeness (QED) is 0.286. The van der Waals surface area contributed by atoms with Crippen LogP contribution < -0.4 is 24.8 Å². The normalized spacial score (nSPS) is 12.6. The van der Waals surface area contributed by atoms with E-state index in [4.69, 9.17) is 14.2 Å². The van der Waals surface area contributed by atoms with Crippen LogP contribution in [0.15, 0.2) is 73.2 Å². The van der Waals surface area contributed by atoms with Crippen molar-refractivity contribution >= 4 is 23.2 Å². The number of para-hydroxylation sites is 1. The van der Waals surface area contributed by atoms with Crippen molar-refractivity contribution < 1.29 is 23.8 Å². The number of hydrogen-bond donors (Lipinski definition) is 2. The van der Waals surface area contributed by atoms with Crippen molar-refractivity contribution in [2.45, 2.75) is 19.4 Å². The van der Waals surface area contributed by atoms with E-state index in [-0.39, 0.29) is 11.6 Å². The monoisotopic (exact) mass is 567 g/mol. The minimum atomic E-state index is -0.457. The van der Waals surface area contributed by atoms with Gasteiger partial charge in [0, 0.05) is 32.0 Å². The molecule has 216 valence electrons. The highest BCUT2D eigenvalue weighted by Gasteiger charge is 2.20.